The van der Waals surface area contributed by atoms with Crippen LogP contribution in [0.1, 0.15) is 45.4 Å². The van der Waals surface area contributed by atoms with Gasteiger partial charge in [0.15, 0.2) is 0 Å². The zero-order valence-corrected chi connectivity index (χ0v) is 11.5. The molecule has 5 heteroatoms. The average Bonchev–Trinajstić information content (AvgIpc) is 2.82. The fourth-order valence-electron chi connectivity index (χ4n) is 2.92. The highest BCUT2D eigenvalue weighted by atomic mass is 16.5. The van der Waals surface area contributed by atoms with Crippen molar-refractivity contribution >= 4 is 11.9 Å². The van der Waals surface area contributed by atoms with E-state index in [9.17, 15) is 9.59 Å². The molecule has 0 saturated carbocycles. The van der Waals surface area contributed by atoms with Crippen molar-refractivity contribution in [2.45, 2.75) is 57.7 Å². The lowest BCUT2D eigenvalue weighted by atomic mass is 9.97. The molecule has 2 heterocycles. The van der Waals surface area contributed by atoms with Gasteiger partial charge in [-0.3, -0.25) is 9.59 Å². The summed E-state index contributed by atoms with van der Waals surface area (Å²) >= 11 is 0. The summed E-state index contributed by atoms with van der Waals surface area (Å²) in [6.45, 7) is 3.23. The van der Waals surface area contributed by atoms with Gasteiger partial charge in [0, 0.05) is 19.5 Å². The minimum absolute atomic E-state index is 0.145. The van der Waals surface area contributed by atoms with Crippen molar-refractivity contribution < 1.29 is 19.4 Å². The van der Waals surface area contributed by atoms with E-state index in [0.29, 0.717) is 38.5 Å². The summed E-state index contributed by atoms with van der Waals surface area (Å²) in [5, 5.41) is 8.91. The largest absolute Gasteiger partial charge is 0.481 e. The van der Waals surface area contributed by atoms with Gasteiger partial charge in [-0.05, 0) is 39.0 Å². The monoisotopic (exact) mass is 269 g/mol. The van der Waals surface area contributed by atoms with Crippen LogP contribution in [0.3, 0.4) is 0 Å². The first kappa shape index (κ1) is 14.3. The van der Waals surface area contributed by atoms with E-state index in [1.165, 1.54) is 0 Å². The first-order chi connectivity index (χ1) is 9.06. The van der Waals surface area contributed by atoms with Gasteiger partial charge in [-0.25, -0.2) is 0 Å². The van der Waals surface area contributed by atoms with Crippen molar-refractivity contribution in [2.75, 3.05) is 13.1 Å². The van der Waals surface area contributed by atoms with Crippen molar-refractivity contribution in [3.63, 3.8) is 0 Å². The maximum atomic E-state index is 12.0. The van der Waals surface area contributed by atoms with E-state index in [1.807, 2.05) is 0 Å². The fourth-order valence-corrected chi connectivity index (χ4v) is 2.92. The van der Waals surface area contributed by atoms with Gasteiger partial charge >= 0.3 is 5.97 Å². The lowest BCUT2D eigenvalue weighted by Gasteiger charge is -2.30. The molecule has 2 saturated heterocycles. The Hall–Kier alpha value is -1.10. The van der Waals surface area contributed by atoms with Crippen molar-refractivity contribution in [1.29, 1.82) is 0 Å². The molecule has 0 unspecified atom stereocenters. The highest BCUT2D eigenvalue weighted by molar-refractivity contribution is 5.77. The normalized spacial score (nSPS) is 28.6. The molecule has 0 bridgehead atoms. The summed E-state index contributed by atoms with van der Waals surface area (Å²) in [5.41, 5.74) is 0. The smallest absolute Gasteiger partial charge is 0.306 e. The molecule has 2 rings (SSSR count). The van der Waals surface area contributed by atoms with E-state index in [1.54, 1.807) is 4.90 Å². The SMILES string of the molecule is C[C@H]1CC[C@H](CCC(=O)N2CCC(C(=O)O)CC2)O1. The van der Waals surface area contributed by atoms with E-state index >= 15 is 0 Å². The van der Waals surface area contributed by atoms with Crippen LogP contribution in [0.2, 0.25) is 0 Å². The Bertz CT molecular complexity index is 336. The number of aliphatic carboxylic acids is 1. The lowest BCUT2D eigenvalue weighted by molar-refractivity contribution is -0.145. The number of piperidine rings is 1. The lowest BCUT2D eigenvalue weighted by Crippen LogP contribution is -2.40. The Kier molecular flexibility index (Phi) is 4.80. The van der Waals surface area contributed by atoms with Crippen LogP contribution >= 0.6 is 0 Å². The molecular weight excluding hydrogens is 246 g/mol. The van der Waals surface area contributed by atoms with Crippen molar-refractivity contribution in [3.05, 3.63) is 0 Å². The number of likely N-dealkylation sites (tertiary alicyclic amines) is 1. The number of carbonyl (C=O) groups is 2. The highest BCUT2D eigenvalue weighted by Gasteiger charge is 2.28. The van der Waals surface area contributed by atoms with Crippen LogP contribution in [0, 0.1) is 5.92 Å². The zero-order valence-electron chi connectivity index (χ0n) is 11.5. The van der Waals surface area contributed by atoms with Gasteiger partial charge in [0.25, 0.3) is 0 Å². The second kappa shape index (κ2) is 6.37. The number of hydrogen-bond acceptors (Lipinski definition) is 3. The molecule has 2 atom stereocenters. The van der Waals surface area contributed by atoms with Gasteiger partial charge in [-0.2, -0.15) is 0 Å². The number of carboxylic acid groups (broad SMARTS) is 1. The molecule has 1 amide bonds. The molecule has 5 nitrogen and oxygen atoms in total. The minimum Gasteiger partial charge on any atom is -0.481 e. The van der Waals surface area contributed by atoms with Crippen LogP contribution in [0.4, 0.5) is 0 Å². The number of ether oxygens (including phenoxy) is 1. The third-order valence-corrected chi connectivity index (χ3v) is 4.20. The second-order valence-corrected chi connectivity index (χ2v) is 5.68. The van der Waals surface area contributed by atoms with E-state index in [0.717, 1.165) is 19.3 Å². The van der Waals surface area contributed by atoms with Gasteiger partial charge < -0.3 is 14.7 Å². The fraction of sp³-hybridized carbons (Fsp3) is 0.857. The van der Waals surface area contributed by atoms with Crippen LogP contribution in [0.5, 0.6) is 0 Å². The Labute approximate surface area is 113 Å². The molecule has 2 fully saturated rings. The minimum atomic E-state index is -0.736. The average molecular weight is 269 g/mol. The van der Waals surface area contributed by atoms with Crippen LogP contribution in [0.25, 0.3) is 0 Å². The molecule has 2 aliphatic heterocycles. The summed E-state index contributed by atoms with van der Waals surface area (Å²) in [4.78, 5) is 24.7. The van der Waals surface area contributed by atoms with Crippen LogP contribution in [-0.2, 0) is 14.3 Å². The molecule has 108 valence electrons. The van der Waals surface area contributed by atoms with Crippen LogP contribution in [-0.4, -0.2) is 47.2 Å². The summed E-state index contributed by atoms with van der Waals surface area (Å²) in [5.74, 6) is -0.865. The van der Waals surface area contributed by atoms with Gasteiger partial charge in [0.2, 0.25) is 5.91 Å². The second-order valence-electron chi connectivity index (χ2n) is 5.68. The molecule has 19 heavy (non-hydrogen) atoms. The number of carboxylic acids is 1. The van der Waals surface area contributed by atoms with Gasteiger partial charge in [0.1, 0.15) is 0 Å². The van der Waals surface area contributed by atoms with E-state index < -0.39 is 5.97 Å². The van der Waals surface area contributed by atoms with Crippen molar-refractivity contribution in [1.82, 2.24) is 4.90 Å². The number of rotatable bonds is 4. The Balaban J connectivity index is 1.68. The van der Waals surface area contributed by atoms with Gasteiger partial charge in [0.05, 0.1) is 18.1 Å². The molecule has 0 spiro atoms. The molecule has 0 aromatic carbocycles. The van der Waals surface area contributed by atoms with E-state index in [4.69, 9.17) is 9.84 Å². The summed E-state index contributed by atoms with van der Waals surface area (Å²) in [6, 6.07) is 0. The highest BCUT2D eigenvalue weighted by Crippen LogP contribution is 2.24. The van der Waals surface area contributed by atoms with E-state index in [2.05, 4.69) is 6.92 Å². The van der Waals surface area contributed by atoms with Gasteiger partial charge in [-0.1, -0.05) is 0 Å². The zero-order chi connectivity index (χ0) is 13.8. The Morgan fingerprint density at radius 3 is 2.42 bits per heavy atom. The van der Waals surface area contributed by atoms with E-state index in [-0.39, 0.29) is 17.9 Å². The summed E-state index contributed by atoms with van der Waals surface area (Å²) in [6.07, 6.45) is 5.17. The topological polar surface area (TPSA) is 66.8 Å². The predicted molar refractivity (Wildman–Crippen MR) is 69.7 cm³/mol. The molecule has 1 N–H and O–H groups in total. The van der Waals surface area contributed by atoms with Crippen molar-refractivity contribution in [3.8, 4) is 0 Å². The van der Waals surface area contributed by atoms with Crippen LogP contribution < -0.4 is 0 Å². The third kappa shape index (κ3) is 3.93. The summed E-state index contributed by atoms with van der Waals surface area (Å²) in [7, 11) is 0. The molecule has 0 aromatic rings. The maximum absolute atomic E-state index is 12.0. The number of nitrogens with zero attached hydrogens (tertiary/aromatic N) is 1. The predicted octanol–water partition coefficient (Wildman–Crippen LogP) is 1.66. The first-order valence-corrected chi connectivity index (χ1v) is 7.22. The standard InChI is InChI=1S/C14H23NO4/c1-10-2-3-12(19-10)4-5-13(16)15-8-6-11(7-9-15)14(17)18/h10-12H,2-9H2,1H3,(H,17,18)/t10-,12+/m0/s1. The van der Waals surface area contributed by atoms with Crippen molar-refractivity contribution in [2.24, 2.45) is 5.92 Å². The summed E-state index contributed by atoms with van der Waals surface area (Å²) < 4.78 is 5.70. The van der Waals surface area contributed by atoms with Crippen LogP contribution in [0.15, 0.2) is 0 Å². The maximum Gasteiger partial charge on any atom is 0.306 e. The number of amides is 1. The third-order valence-electron chi connectivity index (χ3n) is 4.20. The number of carbonyl (C=O) groups excluding carboxylic acids is 1. The molecule has 0 radical (unpaired) electrons. The Morgan fingerprint density at radius 1 is 1.21 bits per heavy atom. The quantitative estimate of drug-likeness (QED) is 0.843. The molecule has 0 aliphatic carbocycles. The van der Waals surface area contributed by atoms with Gasteiger partial charge in [-0.15, -0.1) is 0 Å². The molecule has 2 aliphatic rings. The molecular formula is C14H23NO4. The number of hydrogen-bond donors (Lipinski definition) is 1. The first-order valence-electron chi connectivity index (χ1n) is 7.22. The Morgan fingerprint density at radius 2 is 1.89 bits per heavy atom. The molecule has 0 aromatic heterocycles.